The highest BCUT2D eigenvalue weighted by atomic mass is 16.6. The number of esters is 1. The quantitative estimate of drug-likeness (QED) is 0.239. The molecule has 4 heterocycles. The minimum absolute atomic E-state index is 0.0826. The van der Waals surface area contributed by atoms with Crippen LogP contribution in [0.5, 0.6) is 28.7 Å². The van der Waals surface area contributed by atoms with Crippen LogP contribution in [0, 0.1) is 0 Å². The Labute approximate surface area is 221 Å². The Morgan fingerprint density at radius 2 is 1.72 bits per heavy atom. The van der Waals surface area contributed by atoms with E-state index in [4.69, 9.17) is 23.7 Å². The van der Waals surface area contributed by atoms with Crippen molar-refractivity contribution in [1.82, 2.24) is 4.98 Å². The highest BCUT2D eigenvalue weighted by molar-refractivity contribution is 6.15. The minimum Gasteiger partial charge on any atom is -0.497 e. The van der Waals surface area contributed by atoms with Crippen molar-refractivity contribution in [2.75, 3.05) is 20.3 Å². The number of nitrogens with one attached hydrogen (secondary N) is 1. The average Bonchev–Trinajstić information content (AvgIpc) is 3.26. The first-order chi connectivity index (χ1) is 19.0. The highest BCUT2D eigenvalue weighted by Crippen LogP contribution is 2.48. The summed E-state index contributed by atoms with van der Waals surface area (Å²) in [5.74, 6) is 1.05. The zero-order valence-corrected chi connectivity index (χ0v) is 20.7. The van der Waals surface area contributed by atoms with Crippen molar-refractivity contribution in [3.63, 3.8) is 0 Å². The van der Waals surface area contributed by atoms with Crippen LogP contribution in [0.15, 0.2) is 65.2 Å². The summed E-state index contributed by atoms with van der Waals surface area (Å²) in [5, 5.41) is 0.744. The first-order valence-corrected chi connectivity index (χ1v) is 12.4. The summed E-state index contributed by atoms with van der Waals surface area (Å²) in [6, 6.07) is 15.6. The molecule has 0 bridgehead atoms. The number of benzene rings is 3. The van der Waals surface area contributed by atoms with Crippen molar-refractivity contribution in [3.8, 4) is 28.7 Å². The van der Waals surface area contributed by atoms with E-state index in [0.29, 0.717) is 58.2 Å². The summed E-state index contributed by atoms with van der Waals surface area (Å²) in [6.45, 7) is 0.926. The number of rotatable bonds is 3. The van der Waals surface area contributed by atoms with Crippen molar-refractivity contribution in [2.24, 2.45) is 0 Å². The number of carbonyl (C=O) groups excluding carboxylic acids is 2. The summed E-state index contributed by atoms with van der Waals surface area (Å²) in [6.07, 6.45) is 1.55. The van der Waals surface area contributed by atoms with Gasteiger partial charge in [0.25, 0.3) is 5.56 Å². The fraction of sp³-hybridized carbons (Fsp3) is 0.167. The van der Waals surface area contributed by atoms with E-state index in [1.54, 1.807) is 61.7 Å². The number of hydrogen-bond acceptors (Lipinski definition) is 8. The number of fused-ring (bicyclic) bond motifs is 5. The van der Waals surface area contributed by atoms with Crippen LogP contribution in [0.2, 0.25) is 0 Å². The molecule has 1 atom stereocenters. The Balaban J connectivity index is 1.33. The molecule has 9 heteroatoms. The van der Waals surface area contributed by atoms with Gasteiger partial charge in [-0.3, -0.25) is 14.4 Å². The molecule has 0 fully saturated rings. The predicted molar refractivity (Wildman–Crippen MR) is 140 cm³/mol. The van der Waals surface area contributed by atoms with Gasteiger partial charge in [0.2, 0.25) is 5.78 Å². The second-order valence-corrected chi connectivity index (χ2v) is 9.43. The van der Waals surface area contributed by atoms with Crippen molar-refractivity contribution in [3.05, 3.63) is 93.0 Å². The zero-order chi connectivity index (χ0) is 26.7. The molecule has 0 saturated carbocycles. The highest BCUT2D eigenvalue weighted by Gasteiger charge is 2.39. The maximum Gasteiger partial charge on any atom is 0.312 e. The largest absolute Gasteiger partial charge is 0.497 e. The molecule has 0 unspecified atom stereocenters. The second kappa shape index (κ2) is 8.76. The van der Waals surface area contributed by atoms with E-state index in [1.807, 2.05) is 6.07 Å². The van der Waals surface area contributed by atoms with Crippen LogP contribution in [-0.4, -0.2) is 37.1 Å². The Bertz CT molecular complexity index is 1800. The number of carbonyl (C=O) groups is 2. The van der Waals surface area contributed by atoms with Gasteiger partial charge in [-0.1, -0.05) is 6.07 Å². The van der Waals surface area contributed by atoms with Gasteiger partial charge in [0.15, 0.2) is 17.3 Å². The van der Waals surface area contributed by atoms with Crippen LogP contribution in [0.1, 0.15) is 39.4 Å². The van der Waals surface area contributed by atoms with Gasteiger partial charge < -0.3 is 28.7 Å². The number of ketones is 1. The number of methoxy groups -OCH3 is 1. The van der Waals surface area contributed by atoms with E-state index < -0.39 is 11.9 Å². The van der Waals surface area contributed by atoms with Crippen LogP contribution in [-0.2, 0) is 4.79 Å². The third-order valence-electron chi connectivity index (χ3n) is 7.10. The van der Waals surface area contributed by atoms with Gasteiger partial charge in [0, 0.05) is 27.9 Å². The van der Waals surface area contributed by atoms with Gasteiger partial charge in [0.05, 0.1) is 19.1 Å². The van der Waals surface area contributed by atoms with Crippen LogP contribution < -0.4 is 29.2 Å². The van der Waals surface area contributed by atoms with E-state index in [-0.39, 0.29) is 35.0 Å². The number of aromatic nitrogens is 1. The molecule has 3 aliphatic rings. The molecule has 3 aromatic carbocycles. The Morgan fingerprint density at radius 1 is 0.897 bits per heavy atom. The first-order valence-electron chi connectivity index (χ1n) is 12.4. The molecule has 3 aliphatic heterocycles. The molecule has 4 aromatic rings. The van der Waals surface area contributed by atoms with Gasteiger partial charge in [-0.2, -0.15) is 0 Å². The van der Waals surface area contributed by atoms with Crippen LogP contribution in [0.3, 0.4) is 0 Å². The summed E-state index contributed by atoms with van der Waals surface area (Å²) in [7, 11) is 1.56. The summed E-state index contributed by atoms with van der Waals surface area (Å²) in [4.78, 5) is 42.0. The number of H-pyrrole nitrogens is 1. The summed E-state index contributed by atoms with van der Waals surface area (Å²) >= 11 is 0. The number of allylic oxidation sites excluding steroid dienone is 1. The Kier molecular flexibility index (Phi) is 5.19. The molecule has 9 nitrogen and oxygen atoms in total. The molecular weight excluding hydrogens is 502 g/mol. The maximum absolute atomic E-state index is 13.4. The van der Waals surface area contributed by atoms with E-state index in [9.17, 15) is 14.4 Å². The van der Waals surface area contributed by atoms with Gasteiger partial charge in [-0.05, 0) is 60.2 Å². The van der Waals surface area contributed by atoms with E-state index in [2.05, 4.69) is 4.98 Å². The van der Waals surface area contributed by atoms with Crippen molar-refractivity contribution in [1.29, 1.82) is 0 Å². The monoisotopic (exact) mass is 523 g/mol. The molecule has 0 aliphatic carbocycles. The molecule has 1 N–H and O–H groups in total. The lowest BCUT2D eigenvalue weighted by Gasteiger charge is -2.26. The molecule has 1 aromatic heterocycles. The number of hydrogen-bond donors (Lipinski definition) is 1. The summed E-state index contributed by atoms with van der Waals surface area (Å²) in [5.41, 5.74) is 2.18. The lowest BCUT2D eigenvalue weighted by atomic mass is 9.85. The number of Topliss-reactive ketones (excluding diaryl/α,β-unsaturated/α-hetero) is 1. The predicted octanol–water partition coefficient (Wildman–Crippen LogP) is 4.37. The van der Waals surface area contributed by atoms with Crippen LogP contribution in [0.4, 0.5) is 0 Å². The molecule has 7 rings (SSSR count). The lowest BCUT2D eigenvalue weighted by molar-refractivity contribution is -0.135. The Hall–Kier alpha value is -5.05. The van der Waals surface area contributed by atoms with Gasteiger partial charge in [-0.15, -0.1) is 0 Å². The zero-order valence-electron chi connectivity index (χ0n) is 20.7. The fourth-order valence-corrected chi connectivity index (χ4v) is 5.26. The normalized spacial score (nSPS) is 18.4. The smallest absolute Gasteiger partial charge is 0.312 e. The van der Waals surface area contributed by atoms with Gasteiger partial charge >= 0.3 is 5.97 Å². The molecule has 0 spiro atoms. The standard InChI is InChI=1S/C30H21NO8/c1-35-17-3-5-21-16(12-17)13-20(30(34)31-21)19-14-26(32)38-23-7-4-18-28(33)25(39-29(18)27(19)23)11-15-2-6-22-24(10-15)37-9-8-36-22/h2-7,10-13,19H,8-9,14H2,1H3,(H,31,34)/b25-11-/t19-/m0/s1. The summed E-state index contributed by atoms with van der Waals surface area (Å²) < 4.78 is 28.2. The van der Waals surface area contributed by atoms with E-state index >= 15 is 0 Å². The molecule has 0 amide bonds. The second-order valence-electron chi connectivity index (χ2n) is 9.43. The Morgan fingerprint density at radius 3 is 2.56 bits per heavy atom. The van der Waals surface area contributed by atoms with Crippen LogP contribution in [0.25, 0.3) is 17.0 Å². The van der Waals surface area contributed by atoms with Crippen molar-refractivity contribution in [2.45, 2.75) is 12.3 Å². The minimum atomic E-state index is -0.683. The van der Waals surface area contributed by atoms with E-state index in [1.165, 1.54) is 0 Å². The third kappa shape index (κ3) is 3.82. The van der Waals surface area contributed by atoms with E-state index in [0.717, 1.165) is 5.39 Å². The molecule has 39 heavy (non-hydrogen) atoms. The maximum atomic E-state index is 13.4. The third-order valence-corrected chi connectivity index (χ3v) is 7.10. The first kappa shape index (κ1) is 23.1. The molecular formula is C30H21NO8. The topological polar surface area (TPSA) is 113 Å². The molecule has 0 radical (unpaired) electrons. The number of aromatic amines is 1. The number of pyridine rings is 1. The van der Waals surface area contributed by atoms with Crippen molar-refractivity contribution < 1.29 is 33.3 Å². The lowest BCUT2D eigenvalue weighted by Crippen LogP contribution is -2.26. The van der Waals surface area contributed by atoms with Crippen molar-refractivity contribution >= 4 is 28.7 Å². The number of ether oxygens (including phenoxy) is 5. The van der Waals surface area contributed by atoms with Crippen LogP contribution >= 0.6 is 0 Å². The fourth-order valence-electron chi connectivity index (χ4n) is 5.26. The molecule has 0 saturated heterocycles. The van der Waals surface area contributed by atoms with Gasteiger partial charge in [0.1, 0.15) is 30.5 Å². The SMILES string of the molecule is COc1ccc2[nH]c(=O)c([C@@H]3CC(=O)Oc4ccc5c(c43)O/C(=C\c3ccc4c(c3)OCCO4)C5=O)cc2c1. The molecule has 194 valence electrons. The van der Waals surface area contributed by atoms with Gasteiger partial charge in [-0.25, -0.2) is 0 Å². The average molecular weight is 523 g/mol.